The lowest BCUT2D eigenvalue weighted by Gasteiger charge is -2.21. The molecule has 0 fully saturated rings. The van der Waals surface area contributed by atoms with Crippen molar-refractivity contribution in [2.24, 2.45) is 11.8 Å². The fraction of sp³-hybridized carbons (Fsp3) is 0.200. The van der Waals surface area contributed by atoms with Gasteiger partial charge in [0.05, 0.1) is 0 Å². The Labute approximate surface area is 98.6 Å². The van der Waals surface area contributed by atoms with Crippen LogP contribution in [0.25, 0.3) is 0 Å². The van der Waals surface area contributed by atoms with Crippen LogP contribution < -0.4 is 0 Å². The van der Waals surface area contributed by atoms with Crippen molar-refractivity contribution in [1.29, 1.82) is 0 Å². The summed E-state index contributed by atoms with van der Waals surface area (Å²) < 4.78 is 0. The molecule has 0 radical (unpaired) electrons. The van der Waals surface area contributed by atoms with Crippen molar-refractivity contribution in [2.75, 3.05) is 0 Å². The molecular weight excluding hydrogens is 212 g/mol. The monoisotopic (exact) mass is 222 g/mol. The van der Waals surface area contributed by atoms with Crippen LogP contribution in [-0.4, -0.2) is 11.6 Å². The first kappa shape index (κ1) is 9.11. The van der Waals surface area contributed by atoms with Gasteiger partial charge in [0.1, 0.15) is 0 Å². The van der Waals surface area contributed by atoms with Gasteiger partial charge in [0.25, 0.3) is 0 Å². The van der Waals surface area contributed by atoms with Gasteiger partial charge < -0.3 is 0 Å². The maximum Gasteiger partial charge on any atom is 0.190 e. The number of rotatable bonds is 0. The summed E-state index contributed by atoms with van der Waals surface area (Å²) in [7, 11) is 0. The third kappa shape index (κ3) is 0.960. The molecule has 2 heteroatoms. The zero-order chi connectivity index (χ0) is 11.6. The number of hydrogen-bond donors (Lipinski definition) is 0. The Morgan fingerprint density at radius 1 is 0.824 bits per heavy atom. The van der Waals surface area contributed by atoms with Crippen molar-refractivity contribution in [3.05, 3.63) is 58.7 Å². The Kier molecular flexibility index (Phi) is 1.52. The Morgan fingerprint density at radius 3 is 1.76 bits per heavy atom. The van der Waals surface area contributed by atoms with E-state index in [4.69, 9.17) is 0 Å². The maximum atomic E-state index is 12.4. The van der Waals surface area contributed by atoms with Crippen molar-refractivity contribution in [3.63, 3.8) is 0 Å². The van der Waals surface area contributed by atoms with E-state index in [9.17, 15) is 9.59 Å². The van der Waals surface area contributed by atoms with Crippen LogP contribution in [0.4, 0.5) is 0 Å². The van der Waals surface area contributed by atoms with Gasteiger partial charge in [-0.1, -0.05) is 36.4 Å². The second kappa shape index (κ2) is 2.83. The summed E-state index contributed by atoms with van der Waals surface area (Å²) in [6, 6.07) is 7.15. The van der Waals surface area contributed by atoms with E-state index in [1.54, 1.807) is 12.1 Å². The first-order chi connectivity index (χ1) is 8.27. The molecule has 0 N–H and O–H groups in total. The summed E-state index contributed by atoms with van der Waals surface area (Å²) in [5, 5.41) is 0. The molecule has 0 spiro atoms. The average Bonchev–Trinajstić information content (AvgIpc) is 2.96. The number of carbonyl (C=O) groups is 2. The van der Waals surface area contributed by atoms with E-state index < -0.39 is 0 Å². The third-order valence-corrected chi connectivity index (χ3v) is 4.02. The molecule has 1 aromatic carbocycles. The van der Waals surface area contributed by atoms with Gasteiger partial charge in [-0.2, -0.15) is 0 Å². The predicted octanol–water partition coefficient (Wildman–Crippen LogP) is 2.57. The van der Waals surface area contributed by atoms with Crippen LogP contribution in [0.2, 0.25) is 0 Å². The molecule has 2 bridgehead atoms. The SMILES string of the molecule is O=C1C2=C(C(=O)c3ccccc31)[C@H]1C=C[C@@H]2C1. The fourth-order valence-electron chi connectivity index (χ4n) is 3.28. The van der Waals surface area contributed by atoms with Crippen molar-refractivity contribution < 1.29 is 9.59 Å². The molecule has 0 amide bonds. The molecule has 17 heavy (non-hydrogen) atoms. The van der Waals surface area contributed by atoms with E-state index in [0.717, 1.165) is 17.6 Å². The molecular formula is C15H10O2. The lowest BCUT2D eigenvalue weighted by molar-refractivity contribution is 0.0969. The Balaban J connectivity index is 2.00. The van der Waals surface area contributed by atoms with Crippen LogP contribution >= 0.6 is 0 Å². The van der Waals surface area contributed by atoms with Crippen molar-refractivity contribution >= 4 is 11.6 Å². The zero-order valence-corrected chi connectivity index (χ0v) is 9.14. The molecule has 0 aromatic heterocycles. The zero-order valence-electron chi connectivity index (χ0n) is 9.14. The summed E-state index contributed by atoms with van der Waals surface area (Å²) in [5.74, 6) is 0.485. The number of ketones is 2. The van der Waals surface area contributed by atoms with Crippen LogP contribution in [0.15, 0.2) is 47.6 Å². The first-order valence-electron chi connectivity index (χ1n) is 5.88. The van der Waals surface area contributed by atoms with Gasteiger partial charge in [-0.3, -0.25) is 9.59 Å². The second-order valence-electron chi connectivity index (χ2n) is 4.86. The minimum atomic E-state index is 0.0621. The molecule has 82 valence electrons. The minimum Gasteiger partial charge on any atom is -0.289 e. The topological polar surface area (TPSA) is 34.1 Å². The molecule has 1 aromatic rings. The largest absolute Gasteiger partial charge is 0.289 e. The third-order valence-electron chi connectivity index (χ3n) is 4.02. The summed E-state index contributed by atoms with van der Waals surface area (Å²) >= 11 is 0. The Morgan fingerprint density at radius 2 is 1.29 bits per heavy atom. The van der Waals surface area contributed by atoms with Gasteiger partial charge in [-0.15, -0.1) is 0 Å². The maximum absolute atomic E-state index is 12.4. The number of Topliss-reactive ketones (excluding diaryl/α,β-unsaturated/α-hetero) is 2. The quantitative estimate of drug-likeness (QED) is 0.632. The highest BCUT2D eigenvalue weighted by Gasteiger charge is 2.45. The van der Waals surface area contributed by atoms with Gasteiger partial charge in [0.2, 0.25) is 0 Å². The van der Waals surface area contributed by atoms with Crippen LogP contribution in [-0.2, 0) is 0 Å². The number of allylic oxidation sites excluding steroid dienone is 4. The highest BCUT2D eigenvalue weighted by molar-refractivity contribution is 6.28. The van der Waals surface area contributed by atoms with Crippen molar-refractivity contribution in [3.8, 4) is 0 Å². The van der Waals surface area contributed by atoms with Gasteiger partial charge in [0.15, 0.2) is 11.6 Å². The lowest BCUT2D eigenvalue weighted by atomic mass is 9.80. The normalized spacial score (nSPS) is 28.7. The van der Waals surface area contributed by atoms with Crippen molar-refractivity contribution in [1.82, 2.24) is 0 Å². The summed E-state index contributed by atoms with van der Waals surface area (Å²) in [6.07, 6.45) is 5.06. The standard InChI is InChI=1S/C15H10O2/c16-14-10-3-1-2-4-11(10)15(17)13-9-6-5-8(7-9)12(13)14/h1-6,8-9H,7H2/t8-,9+. The molecule has 3 aliphatic rings. The van der Waals surface area contributed by atoms with Gasteiger partial charge in [-0.25, -0.2) is 0 Å². The number of carbonyl (C=O) groups excluding carboxylic acids is 2. The van der Waals surface area contributed by atoms with E-state index in [-0.39, 0.29) is 23.4 Å². The summed E-state index contributed by atoms with van der Waals surface area (Å²) in [4.78, 5) is 24.8. The highest BCUT2D eigenvalue weighted by Crippen LogP contribution is 2.48. The first-order valence-corrected chi connectivity index (χ1v) is 5.88. The fourth-order valence-corrected chi connectivity index (χ4v) is 3.28. The number of benzene rings is 1. The van der Waals surface area contributed by atoms with Gasteiger partial charge in [0, 0.05) is 34.1 Å². The highest BCUT2D eigenvalue weighted by atomic mass is 16.1. The molecule has 0 saturated heterocycles. The van der Waals surface area contributed by atoms with Crippen LogP contribution in [0, 0.1) is 11.8 Å². The second-order valence-corrected chi connectivity index (χ2v) is 4.86. The van der Waals surface area contributed by atoms with E-state index in [2.05, 4.69) is 12.2 Å². The molecule has 0 saturated carbocycles. The Bertz CT molecular complexity index is 581. The van der Waals surface area contributed by atoms with Crippen LogP contribution in [0.5, 0.6) is 0 Å². The number of hydrogen-bond acceptors (Lipinski definition) is 2. The predicted molar refractivity (Wildman–Crippen MR) is 62.9 cm³/mol. The van der Waals surface area contributed by atoms with E-state index >= 15 is 0 Å². The van der Waals surface area contributed by atoms with Gasteiger partial charge >= 0.3 is 0 Å². The molecule has 2 nitrogen and oxygen atoms in total. The Hall–Kier alpha value is -1.96. The van der Waals surface area contributed by atoms with E-state index in [1.165, 1.54) is 0 Å². The number of fused-ring (bicyclic) bond motifs is 5. The summed E-state index contributed by atoms with van der Waals surface area (Å²) in [6.45, 7) is 0. The minimum absolute atomic E-state index is 0.0621. The summed E-state index contributed by atoms with van der Waals surface area (Å²) in [5.41, 5.74) is 2.69. The van der Waals surface area contributed by atoms with Gasteiger partial charge in [-0.05, 0) is 6.42 Å². The molecule has 0 aliphatic heterocycles. The smallest absolute Gasteiger partial charge is 0.190 e. The molecule has 0 unspecified atom stereocenters. The van der Waals surface area contributed by atoms with E-state index in [0.29, 0.717) is 11.1 Å². The van der Waals surface area contributed by atoms with E-state index in [1.807, 2.05) is 12.1 Å². The molecule has 2 atom stereocenters. The molecule has 3 aliphatic carbocycles. The van der Waals surface area contributed by atoms with Crippen molar-refractivity contribution in [2.45, 2.75) is 6.42 Å². The molecule has 4 rings (SSSR count). The lowest BCUT2D eigenvalue weighted by Crippen LogP contribution is -2.24. The van der Waals surface area contributed by atoms with Crippen LogP contribution in [0.1, 0.15) is 27.1 Å². The van der Waals surface area contributed by atoms with Crippen LogP contribution in [0.3, 0.4) is 0 Å². The average molecular weight is 222 g/mol. The molecule has 0 heterocycles.